The first kappa shape index (κ1) is 46.0. The number of nitrogens with zero attached hydrogens (tertiary/aromatic N) is 1. The Bertz CT molecular complexity index is 4700. The quantitative estimate of drug-likeness (QED) is 0.166. The van der Waals surface area contributed by atoms with Crippen molar-refractivity contribution in [3.63, 3.8) is 0 Å². The van der Waals surface area contributed by atoms with Crippen molar-refractivity contribution < 1.29 is 8.83 Å². The van der Waals surface area contributed by atoms with Crippen LogP contribution in [0.3, 0.4) is 0 Å². The highest BCUT2D eigenvalue weighted by atomic mass is 16.3. The topological polar surface area (TPSA) is 29.5 Å². The number of para-hydroxylation sites is 3. The van der Waals surface area contributed by atoms with Crippen molar-refractivity contribution in [1.29, 1.82) is 0 Å². The van der Waals surface area contributed by atoms with Gasteiger partial charge in [-0.25, -0.2) is 0 Å². The van der Waals surface area contributed by atoms with E-state index in [9.17, 15) is 0 Å². The molecular formula is C76H57NO2. The first-order valence-electron chi connectivity index (χ1n) is 27.9. The van der Waals surface area contributed by atoms with Gasteiger partial charge in [-0.15, -0.1) is 0 Å². The predicted octanol–water partition coefficient (Wildman–Crippen LogP) is 21.2. The zero-order valence-corrected chi connectivity index (χ0v) is 45.5. The van der Waals surface area contributed by atoms with Gasteiger partial charge < -0.3 is 13.7 Å². The molecule has 378 valence electrons. The van der Waals surface area contributed by atoms with E-state index in [1.54, 1.807) is 0 Å². The molecule has 2 aromatic heterocycles. The van der Waals surface area contributed by atoms with Gasteiger partial charge in [0.1, 0.15) is 22.3 Å². The molecule has 0 aliphatic heterocycles. The molecule has 0 spiro atoms. The molecule has 3 heteroatoms. The molecule has 11 aromatic carbocycles. The van der Waals surface area contributed by atoms with E-state index in [4.69, 9.17) is 8.83 Å². The normalized spacial score (nSPS) is 14.8. The molecule has 0 amide bonds. The predicted molar refractivity (Wildman–Crippen MR) is 329 cm³/mol. The summed E-state index contributed by atoms with van der Waals surface area (Å²) in [5.41, 5.74) is 29.8. The van der Waals surface area contributed by atoms with Crippen LogP contribution in [0.5, 0.6) is 0 Å². The molecule has 79 heavy (non-hydrogen) atoms. The summed E-state index contributed by atoms with van der Waals surface area (Å²) in [7, 11) is 0. The van der Waals surface area contributed by atoms with Crippen LogP contribution in [0, 0.1) is 6.92 Å². The number of furan rings is 2. The largest absolute Gasteiger partial charge is 0.455 e. The van der Waals surface area contributed by atoms with Gasteiger partial charge in [-0.2, -0.15) is 0 Å². The maximum absolute atomic E-state index is 7.08. The van der Waals surface area contributed by atoms with Gasteiger partial charge in [-0.3, -0.25) is 0 Å². The summed E-state index contributed by atoms with van der Waals surface area (Å²) in [6.07, 6.45) is 0. The molecule has 0 bridgehead atoms. The average molecular weight is 1020 g/mol. The van der Waals surface area contributed by atoms with E-state index in [1.165, 1.54) is 83.1 Å². The molecule has 16 rings (SSSR count). The first-order chi connectivity index (χ1) is 38.4. The zero-order valence-electron chi connectivity index (χ0n) is 45.5. The Balaban J connectivity index is 0.975. The number of hydrogen-bond acceptors (Lipinski definition) is 3. The molecule has 0 fully saturated rings. The molecule has 0 radical (unpaired) electrons. The molecule has 0 atom stereocenters. The van der Waals surface area contributed by atoms with Gasteiger partial charge in [0.15, 0.2) is 0 Å². The van der Waals surface area contributed by atoms with Crippen LogP contribution in [-0.2, 0) is 16.2 Å². The maximum Gasteiger partial charge on any atom is 0.144 e. The molecule has 13 aromatic rings. The van der Waals surface area contributed by atoms with Crippen molar-refractivity contribution in [3.8, 4) is 66.8 Å². The fourth-order valence-corrected chi connectivity index (χ4v) is 14.8. The molecule has 2 heterocycles. The standard InChI is InChI=1S/C76H57NO2/c1-44-22-20-27-47(40-44)57-43-61-64(66-55-29-15-18-34-62(55)78-72(57)66)53-38-36-48(41-59(53)74(61,2)3)77(71-50(45-23-10-8-11-24-45)31-21-32-51(71)46-25-12-9-13-26-46)49-37-39-54-60(42-49)76(6,7)69-65(54)67-56-30-16-19-35-63(56)79-73(67)68-52-28-14-17-33-58(52)75(4,5)70(68)69/h8-43H,1-7H3. The Morgan fingerprint density at radius 3 is 1.46 bits per heavy atom. The van der Waals surface area contributed by atoms with E-state index in [1.807, 2.05) is 0 Å². The highest BCUT2D eigenvalue weighted by Crippen LogP contribution is 2.64. The van der Waals surface area contributed by atoms with Crippen LogP contribution < -0.4 is 4.90 Å². The van der Waals surface area contributed by atoms with E-state index >= 15 is 0 Å². The Morgan fingerprint density at radius 2 is 0.810 bits per heavy atom. The van der Waals surface area contributed by atoms with Gasteiger partial charge in [-0.1, -0.05) is 223 Å². The molecule has 0 saturated heterocycles. The Labute approximate surface area is 461 Å². The third-order valence-electron chi connectivity index (χ3n) is 18.4. The monoisotopic (exact) mass is 1020 g/mol. The summed E-state index contributed by atoms with van der Waals surface area (Å²) in [6.45, 7) is 16.8. The van der Waals surface area contributed by atoms with Crippen LogP contribution in [0.1, 0.15) is 80.5 Å². The maximum atomic E-state index is 7.08. The van der Waals surface area contributed by atoms with Crippen LogP contribution >= 0.6 is 0 Å². The number of aryl methyl sites for hydroxylation is 1. The van der Waals surface area contributed by atoms with Crippen LogP contribution in [-0.4, -0.2) is 0 Å². The first-order valence-corrected chi connectivity index (χ1v) is 27.9. The molecule has 0 unspecified atom stereocenters. The lowest BCUT2D eigenvalue weighted by atomic mass is 9.72. The van der Waals surface area contributed by atoms with E-state index in [2.05, 4.69) is 272 Å². The second kappa shape index (κ2) is 16.2. The van der Waals surface area contributed by atoms with E-state index < -0.39 is 5.41 Å². The third-order valence-corrected chi connectivity index (χ3v) is 18.4. The van der Waals surface area contributed by atoms with Gasteiger partial charge in [0.2, 0.25) is 0 Å². The van der Waals surface area contributed by atoms with Crippen LogP contribution in [0.25, 0.3) is 111 Å². The number of rotatable bonds is 6. The highest BCUT2D eigenvalue weighted by Gasteiger charge is 2.49. The van der Waals surface area contributed by atoms with Crippen LogP contribution in [0.15, 0.2) is 227 Å². The smallest absolute Gasteiger partial charge is 0.144 e. The van der Waals surface area contributed by atoms with Crippen molar-refractivity contribution in [2.45, 2.75) is 64.7 Å². The van der Waals surface area contributed by atoms with Crippen LogP contribution in [0.4, 0.5) is 17.1 Å². The van der Waals surface area contributed by atoms with Crippen molar-refractivity contribution in [3.05, 3.63) is 257 Å². The minimum Gasteiger partial charge on any atom is -0.455 e. The van der Waals surface area contributed by atoms with E-state index in [0.717, 1.165) is 83.5 Å². The lowest BCUT2D eigenvalue weighted by Gasteiger charge is -2.33. The number of anilines is 3. The Hall–Kier alpha value is -9.18. The van der Waals surface area contributed by atoms with Crippen molar-refractivity contribution >= 4 is 60.9 Å². The fraction of sp³-hybridized carbons (Fsp3) is 0.132. The van der Waals surface area contributed by atoms with Crippen LogP contribution in [0.2, 0.25) is 0 Å². The second-order valence-corrected chi connectivity index (χ2v) is 24.0. The SMILES string of the molecule is Cc1cccc(-c2cc3c(c4c2oc2ccccc24)-c2ccc(N(c4ccc5c(c4)C(C)(C)c4c6c(c7oc8ccccc8c7c4-5)-c4ccccc4C6(C)C)c4c(-c5ccccc5)cccc4-c4ccccc4)cc2C3(C)C)c1. The summed E-state index contributed by atoms with van der Waals surface area (Å²) in [4.78, 5) is 2.58. The molecule has 3 aliphatic carbocycles. The van der Waals surface area contributed by atoms with Crippen molar-refractivity contribution in [1.82, 2.24) is 0 Å². The summed E-state index contributed by atoms with van der Waals surface area (Å²) in [5.74, 6) is 0. The fourth-order valence-electron chi connectivity index (χ4n) is 14.8. The molecule has 0 saturated carbocycles. The molecular weight excluding hydrogens is 959 g/mol. The molecule has 3 aliphatic rings. The van der Waals surface area contributed by atoms with E-state index in [-0.39, 0.29) is 10.8 Å². The van der Waals surface area contributed by atoms with Gasteiger partial charge in [0, 0.05) is 71.4 Å². The summed E-state index contributed by atoms with van der Waals surface area (Å²) in [6, 6.07) is 80.9. The number of benzene rings is 11. The highest BCUT2D eigenvalue weighted by molar-refractivity contribution is 6.22. The average Bonchev–Trinajstić information content (AvgIpc) is 2.63. The van der Waals surface area contributed by atoms with Crippen molar-refractivity contribution in [2.75, 3.05) is 4.90 Å². The second-order valence-electron chi connectivity index (χ2n) is 24.0. The van der Waals surface area contributed by atoms with Gasteiger partial charge in [0.05, 0.1) is 5.69 Å². The minimum absolute atomic E-state index is 0.263. The van der Waals surface area contributed by atoms with Gasteiger partial charge >= 0.3 is 0 Å². The number of fused-ring (bicyclic) bond motifs is 19. The Kier molecular flexibility index (Phi) is 9.42. The minimum atomic E-state index is -0.390. The molecule has 0 N–H and O–H groups in total. The summed E-state index contributed by atoms with van der Waals surface area (Å²) in [5, 5.41) is 4.69. The lowest BCUT2D eigenvalue weighted by molar-refractivity contribution is 0.600. The third kappa shape index (κ3) is 6.24. The van der Waals surface area contributed by atoms with Gasteiger partial charge in [-0.05, 0) is 127 Å². The van der Waals surface area contributed by atoms with Gasteiger partial charge in [0.25, 0.3) is 0 Å². The molecule has 3 nitrogen and oxygen atoms in total. The summed E-state index contributed by atoms with van der Waals surface area (Å²) < 4.78 is 14.0. The summed E-state index contributed by atoms with van der Waals surface area (Å²) >= 11 is 0. The van der Waals surface area contributed by atoms with E-state index in [0.29, 0.717) is 0 Å². The zero-order chi connectivity index (χ0) is 53.3. The Morgan fingerprint density at radius 1 is 0.329 bits per heavy atom. The lowest BCUT2D eigenvalue weighted by Crippen LogP contribution is -2.24. The number of hydrogen-bond donors (Lipinski definition) is 0. The van der Waals surface area contributed by atoms with Crippen molar-refractivity contribution in [2.24, 2.45) is 0 Å².